The van der Waals surface area contributed by atoms with Crippen LogP contribution in [0.5, 0.6) is 0 Å². The summed E-state index contributed by atoms with van der Waals surface area (Å²) in [5.41, 5.74) is 1.98. The summed E-state index contributed by atoms with van der Waals surface area (Å²) in [4.78, 5) is 21.2. The highest BCUT2D eigenvalue weighted by molar-refractivity contribution is 5.78. The van der Waals surface area contributed by atoms with Gasteiger partial charge in [-0.05, 0) is 47.2 Å². The van der Waals surface area contributed by atoms with Crippen molar-refractivity contribution in [1.82, 2.24) is 25.3 Å². The minimum Gasteiger partial charge on any atom is -0.350 e. The molecule has 1 aliphatic heterocycles. The van der Waals surface area contributed by atoms with Gasteiger partial charge in [-0.15, -0.1) is 0 Å². The number of benzene rings is 1. The van der Waals surface area contributed by atoms with Crippen molar-refractivity contribution in [2.24, 2.45) is 0 Å². The Bertz CT molecular complexity index is 779. The van der Waals surface area contributed by atoms with E-state index in [1.54, 1.807) is 0 Å². The first-order chi connectivity index (χ1) is 13.3. The van der Waals surface area contributed by atoms with Gasteiger partial charge in [0.2, 0.25) is 17.6 Å². The first-order valence-electron chi connectivity index (χ1n) is 9.94. The van der Waals surface area contributed by atoms with Crippen molar-refractivity contribution >= 4 is 5.91 Å². The lowest BCUT2D eigenvalue weighted by atomic mass is 10.1. The van der Waals surface area contributed by atoms with Gasteiger partial charge in [0, 0.05) is 24.2 Å². The number of nitrogens with one attached hydrogen (secondary N) is 1. The molecule has 7 nitrogen and oxygen atoms in total. The summed E-state index contributed by atoms with van der Waals surface area (Å²) in [6.45, 7) is 12.8. The van der Waals surface area contributed by atoms with Crippen LogP contribution in [-0.4, -0.2) is 64.1 Å². The lowest BCUT2D eigenvalue weighted by Crippen LogP contribution is -2.46. The van der Waals surface area contributed by atoms with Crippen LogP contribution in [0.1, 0.15) is 38.6 Å². The van der Waals surface area contributed by atoms with Gasteiger partial charge >= 0.3 is 0 Å². The Balaban J connectivity index is 1.51. The average molecular weight is 386 g/mol. The second kappa shape index (κ2) is 8.84. The smallest absolute Gasteiger partial charge is 0.241 e. The molecule has 3 rings (SSSR count). The van der Waals surface area contributed by atoms with Crippen LogP contribution in [0, 0.1) is 6.92 Å². The second-order valence-corrected chi connectivity index (χ2v) is 8.58. The largest absolute Gasteiger partial charge is 0.350 e. The molecule has 0 aliphatic carbocycles. The number of carbonyl (C=O) groups excluding carboxylic acids is 1. The van der Waals surface area contributed by atoms with Crippen LogP contribution in [0.15, 0.2) is 28.8 Å². The first-order valence-corrected chi connectivity index (χ1v) is 9.94. The van der Waals surface area contributed by atoms with Crippen LogP contribution in [0.4, 0.5) is 0 Å². The van der Waals surface area contributed by atoms with Crippen molar-refractivity contribution in [3.8, 4) is 11.4 Å². The molecule has 1 aliphatic rings. The summed E-state index contributed by atoms with van der Waals surface area (Å²) < 4.78 is 5.46. The van der Waals surface area contributed by atoms with E-state index in [-0.39, 0.29) is 11.4 Å². The highest BCUT2D eigenvalue weighted by Crippen LogP contribution is 2.17. The monoisotopic (exact) mass is 385 g/mol. The summed E-state index contributed by atoms with van der Waals surface area (Å²) in [6.07, 6.45) is 1.02. The minimum absolute atomic E-state index is 0.0839. The fraction of sp³-hybridized carbons (Fsp3) is 0.571. The fourth-order valence-electron chi connectivity index (χ4n) is 3.33. The molecule has 1 fully saturated rings. The maximum absolute atomic E-state index is 12.2. The van der Waals surface area contributed by atoms with Crippen LogP contribution < -0.4 is 5.32 Å². The molecular weight excluding hydrogens is 354 g/mol. The van der Waals surface area contributed by atoms with E-state index < -0.39 is 0 Å². The van der Waals surface area contributed by atoms with Gasteiger partial charge in [0.15, 0.2) is 0 Å². The lowest BCUT2D eigenvalue weighted by Gasteiger charge is -2.24. The van der Waals surface area contributed by atoms with Crippen molar-refractivity contribution < 1.29 is 9.32 Å². The predicted molar refractivity (Wildman–Crippen MR) is 109 cm³/mol. The van der Waals surface area contributed by atoms with Crippen molar-refractivity contribution in [2.75, 3.05) is 32.7 Å². The molecular formula is C21H31N5O2. The number of hydrogen-bond acceptors (Lipinski definition) is 6. The van der Waals surface area contributed by atoms with Crippen molar-refractivity contribution in [3.63, 3.8) is 0 Å². The molecule has 152 valence electrons. The Hall–Kier alpha value is -2.25. The quantitative estimate of drug-likeness (QED) is 0.852. The maximum atomic E-state index is 12.2. The molecule has 0 unspecified atom stereocenters. The third kappa shape index (κ3) is 6.14. The van der Waals surface area contributed by atoms with E-state index in [1.165, 1.54) is 5.56 Å². The third-order valence-electron chi connectivity index (χ3n) is 4.70. The van der Waals surface area contributed by atoms with Crippen LogP contribution in [0.3, 0.4) is 0 Å². The Morgan fingerprint density at radius 3 is 2.50 bits per heavy atom. The molecule has 0 atom stereocenters. The van der Waals surface area contributed by atoms with E-state index >= 15 is 0 Å². The highest BCUT2D eigenvalue weighted by atomic mass is 16.5. The van der Waals surface area contributed by atoms with Gasteiger partial charge < -0.3 is 9.84 Å². The van der Waals surface area contributed by atoms with E-state index in [0.29, 0.717) is 24.8 Å². The maximum Gasteiger partial charge on any atom is 0.241 e. The first kappa shape index (κ1) is 20.5. The van der Waals surface area contributed by atoms with Crippen LogP contribution >= 0.6 is 0 Å². The normalized spacial score (nSPS) is 16.7. The van der Waals surface area contributed by atoms with Crippen molar-refractivity contribution in [3.05, 3.63) is 35.7 Å². The molecule has 1 N–H and O–H groups in total. The summed E-state index contributed by atoms with van der Waals surface area (Å²) in [5, 5.41) is 7.15. The molecule has 0 saturated carbocycles. The van der Waals surface area contributed by atoms with Gasteiger partial charge in [-0.1, -0.05) is 35.0 Å². The van der Waals surface area contributed by atoms with Gasteiger partial charge in [0.05, 0.1) is 13.1 Å². The van der Waals surface area contributed by atoms with E-state index in [1.807, 2.05) is 45.0 Å². The number of aromatic nitrogens is 2. The average Bonchev–Trinajstić information content (AvgIpc) is 2.95. The molecule has 2 heterocycles. The zero-order chi connectivity index (χ0) is 20.1. The van der Waals surface area contributed by atoms with Gasteiger partial charge in [-0.25, -0.2) is 0 Å². The predicted octanol–water partition coefficient (Wildman–Crippen LogP) is 2.47. The molecule has 7 heteroatoms. The molecule has 1 amide bonds. The highest BCUT2D eigenvalue weighted by Gasteiger charge is 2.21. The number of hydrogen-bond donors (Lipinski definition) is 1. The number of aryl methyl sites for hydroxylation is 1. The van der Waals surface area contributed by atoms with Crippen molar-refractivity contribution in [1.29, 1.82) is 0 Å². The second-order valence-electron chi connectivity index (χ2n) is 8.58. The molecule has 0 radical (unpaired) electrons. The fourth-order valence-corrected chi connectivity index (χ4v) is 3.33. The van der Waals surface area contributed by atoms with E-state index in [2.05, 4.69) is 32.2 Å². The molecule has 28 heavy (non-hydrogen) atoms. The standard InChI is InChI=1S/C21H31N5O2/c1-16-6-8-17(9-7-16)20-22-19(28-24-20)15-26-11-5-10-25(12-13-26)14-18(27)23-21(2,3)4/h6-9H,5,10-15H2,1-4H3,(H,23,27). The zero-order valence-corrected chi connectivity index (χ0v) is 17.4. The molecule has 0 spiro atoms. The summed E-state index contributed by atoms with van der Waals surface area (Å²) in [6, 6.07) is 8.11. The minimum atomic E-state index is -0.192. The molecule has 0 bridgehead atoms. The number of nitrogens with zero attached hydrogens (tertiary/aromatic N) is 4. The van der Waals surface area contributed by atoms with Crippen LogP contribution in [0.25, 0.3) is 11.4 Å². The van der Waals surface area contributed by atoms with E-state index in [0.717, 1.165) is 38.2 Å². The number of rotatable bonds is 5. The van der Waals surface area contributed by atoms with Gasteiger partial charge in [0.1, 0.15) is 0 Å². The molecule has 1 aromatic carbocycles. The van der Waals surface area contributed by atoms with Gasteiger partial charge in [-0.3, -0.25) is 14.6 Å². The third-order valence-corrected chi connectivity index (χ3v) is 4.70. The molecule has 2 aromatic rings. The summed E-state index contributed by atoms with van der Waals surface area (Å²) >= 11 is 0. The summed E-state index contributed by atoms with van der Waals surface area (Å²) in [7, 11) is 0. The van der Waals surface area contributed by atoms with E-state index in [4.69, 9.17) is 4.52 Å². The molecule has 1 saturated heterocycles. The lowest BCUT2D eigenvalue weighted by molar-refractivity contribution is -0.123. The van der Waals surface area contributed by atoms with E-state index in [9.17, 15) is 4.79 Å². The number of amides is 1. The Kier molecular flexibility index (Phi) is 6.46. The van der Waals surface area contributed by atoms with Gasteiger partial charge in [0.25, 0.3) is 0 Å². The Morgan fingerprint density at radius 2 is 1.79 bits per heavy atom. The van der Waals surface area contributed by atoms with Gasteiger partial charge in [-0.2, -0.15) is 4.98 Å². The van der Waals surface area contributed by atoms with Crippen LogP contribution in [0.2, 0.25) is 0 Å². The number of carbonyl (C=O) groups is 1. The summed E-state index contributed by atoms with van der Waals surface area (Å²) in [5.74, 6) is 1.35. The zero-order valence-electron chi connectivity index (χ0n) is 17.4. The Morgan fingerprint density at radius 1 is 1.11 bits per heavy atom. The topological polar surface area (TPSA) is 74.5 Å². The van der Waals surface area contributed by atoms with Crippen molar-refractivity contribution in [2.45, 2.75) is 46.2 Å². The molecule has 1 aromatic heterocycles. The Labute approximate surface area is 167 Å². The van der Waals surface area contributed by atoms with Crippen LogP contribution in [-0.2, 0) is 11.3 Å². The SMILES string of the molecule is Cc1ccc(-c2noc(CN3CCCN(CC(=O)NC(C)(C)C)CC3)n2)cc1.